The van der Waals surface area contributed by atoms with E-state index < -0.39 is 0 Å². The number of carbonyl (C=O) groups is 1. The van der Waals surface area contributed by atoms with E-state index in [0.717, 1.165) is 5.56 Å². The Hall–Kier alpha value is -3.28. The molecule has 3 aromatic rings. The van der Waals surface area contributed by atoms with E-state index in [0.29, 0.717) is 17.7 Å². The highest BCUT2D eigenvalue weighted by molar-refractivity contribution is 5.81. The first-order chi connectivity index (χ1) is 11.2. The van der Waals surface area contributed by atoms with Crippen LogP contribution in [-0.2, 0) is 0 Å². The van der Waals surface area contributed by atoms with Gasteiger partial charge in [0.15, 0.2) is 12.0 Å². The van der Waals surface area contributed by atoms with Gasteiger partial charge < -0.3 is 5.11 Å². The van der Waals surface area contributed by atoms with E-state index in [2.05, 4.69) is 10.3 Å². The predicted molar refractivity (Wildman–Crippen MR) is 83.7 cm³/mol. The lowest BCUT2D eigenvalue weighted by Crippen LogP contribution is -1.99. The third-order valence-electron chi connectivity index (χ3n) is 3.24. The molecule has 1 N–H and O–H groups in total. The summed E-state index contributed by atoms with van der Waals surface area (Å²) in [6.07, 6.45) is 4.04. The normalized spacial score (nSPS) is 11.0. The molecule has 0 radical (unpaired) electrons. The fraction of sp³-hybridized carbons (Fsp3) is 0. The molecule has 1 aromatic heterocycles. The molecule has 0 aliphatic rings. The first-order valence-electron chi connectivity index (χ1n) is 6.81. The van der Waals surface area contributed by atoms with E-state index in [4.69, 9.17) is 0 Å². The van der Waals surface area contributed by atoms with Gasteiger partial charge in [-0.25, -0.2) is 9.07 Å². The molecular weight excluding hydrogens is 297 g/mol. The number of aldehydes is 1. The highest BCUT2D eigenvalue weighted by atomic mass is 19.1. The molecular formula is C17H12FN3O2. The van der Waals surface area contributed by atoms with E-state index in [1.165, 1.54) is 28.9 Å². The van der Waals surface area contributed by atoms with Gasteiger partial charge in [-0.3, -0.25) is 4.79 Å². The molecule has 0 aliphatic heterocycles. The minimum absolute atomic E-state index is 0.132. The van der Waals surface area contributed by atoms with Crippen molar-refractivity contribution in [3.05, 3.63) is 71.3 Å². The Bertz CT molecular complexity index is 853. The van der Waals surface area contributed by atoms with E-state index in [9.17, 15) is 14.3 Å². The van der Waals surface area contributed by atoms with Gasteiger partial charge in [0.1, 0.15) is 11.6 Å². The van der Waals surface area contributed by atoms with E-state index in [1.54, 1.807) is 36.4 Å². The van der Waals surface area contributed by atoms with Crippen molar-refractivity contribution in [3.8, 4) is 11.4 Å². The van der Waals surface area contributed by atoms with Gasteiger partial charge in [-0.15, -0.1) is 5.10 Å². The number of halogens is 1. The van der Waals surface area contributed by atoms with Crippen molar-refractivity contribution in [2.24, 2.45) is 0 Å². The number of rotatable bonds is 4. The molecule has 3 rings (SSSR count). The summed E-state index contributed by atoms with van der Waals surface area (Å²) in [7, 11) is 0. The van der Waals surface area contributed by atoms with Gasteiger partial charge in [0, 0.05) is 0 Å². The van der Waals surface area contributed by atoms with Gasteiger partial charge in [-0.05, 0) is 48.0 Å². The molecule has 0 spiro atoms. The Labute approximate surface area is 131 Å². The standard InChI is InChI=1S/C17H12FN3O2/c18-13-4-1-12(2-5-13)3-10-17-16(11-22)19-20-21(17)14-6-8-15(23)9-7-14/h1-11,23H/b10-3+. The lowest BCUT2D eigenvalue weighted by atomic mass is 10.2. The zero-order chi connectivity index (χ0) is 16.2. The summed E-state index contributed by atoms with van der Waals surface area (Å²) in [6.45, 7) is 0. The number of carbonyl (C=O) groups excluding carboxylic acids is 1. The van der Waals surface area contributed by atoms with Crippen LogP contribution >= 0.6 is 0 Å². The second kappa shape index (κ2) is 6.23. The SMILES string of the molecule is O=Cc1nnn(-c2ccc(O)cc2)c1/C=C/c1ccc(F)cc1. The molecule has 1 heterocycles. The first-order valence-corrected chi connectivity index (χ1v) is 6.81. The number of phenolic OH excluding ortho intramolecular Hbond substituents is 1. The lowest BCUT2D eigenvalue weighted by Gasteiger charge is -2.03. The van der Waals surface area contributed by atoms with Crippen molar-refractivity contribution in [2.75, 3.05) is 0 Å². The number of phenols is 1. The van der Waals surface area contributed by atoms with Crippen LogP contribution in [0.2, 0.25) is 0 Å². The largest absolute Gasteiger partial charge is 0.508 e. The molecule has 6 heteroatoms. The Balaban J connectivity index is 2.00. The molecule has 0 fully saturated rings. The maximum Gasteiger partial charge on any atom is 0.172 e. The maximum absolute atomic E-state index is 12.9. The lowest BCUT2D eigenvalue weighted by molar-refractivity contribution is 0.111. The third kappa shape index (κ3) is 3.16. The summed E-state index contributed by atoms with van der Waals surface area (Å²) in [5, 5.41) is 17.1. The minimum Gasteiger partial charge on any atom is -0.508 e. The van der Waals surface area contributed by atoms with Gasteiger partial charge in [0.25, 0.3) is 0 Å². The average Bonchev–Trinajstić information content (AvgIpc) is 2.98. The van der Waals surface area contributed by atoms with Gasteiger partial charge in [0.05, 0.1) is 11.4 Å². The van der Waals surface area contributed by atoms with Gasteiger partial charge in [-0.2, -0.15) is 0 Å². The average molecular weight is 309 g/mol. The zero-order valence-electron chi connectivity index (χ0n) is 11.9. The first kappa shape index (κ1) is 14.6. The van der Waals surface area contributed by atoms with Crippen LogP contribution in [0.15, 0.2) is 48.5 Å². The molecule has 0 saturated carbocycles. The van der Waals surface area contributed by atoms with E-state index in [-0.39, 0.29) is 17.3 Å². The number of hydrogen-bond donors (Lipinski definition) is 1. The van der Waals surface area contributed by atoms with Crippen LogP contribution in [0.25, 0.3) is 17.8 Å². The number of aromatic nitrogens is 3. The second-order valence-corrected chi connectivity index (χ2v) is 4.79. The predicted octanol–water partition coefficient (Wildman–Crippen LogP) is 3.09. The molecule has 0 bridgehead atoms. The van der Waals surface area contributed by atoms with Crippen molar-refractivity contribution in [1.29, 1.82) is 0 Å². The molecule has 0 amide bonds. The Morgan fingerprint density at radius 1 is 1.00 bits per heavy atom. The Morgan fingerprint density at radius 2 is 1.70 bits per heavy atom. The summed E-state index contributed by atoms with van der Waals surface area (Å²) in [5.74, 6) is -0.181. The van der Waals surface area contributed by atoms with Gasteiger partial charge in [0.2, 0.25) is 0 Å². The third-order valence-corrected chi connectivity index (χ3v) is 3.24. The zero-order valence-corrected chi connectivity index (χ0v) is 11.9. The monoisotopic (exact) mass is 309 g/mol. The fourth-order valence-corrected chi connectivity index (χ4v) is 2.07. The van der Waals surface area contributed by atoms with Crippen LogP contribution in [0.1, 0.15) is 21.7 Å². The maximum atomic E-state index is 12.9. The highest BCUT2D eigenvalue weighted by Gasteiger charge is 2.11. The summed E-state index contributed by atoms with van der Waals surface area (Å²) in [5.41, 5.74) is 2.12. The molecule has 5 nitrogen and oxygen atoms in total. The van der Waals surface area contributed by atoms with Crippen LogP contribution in [-0.4, -0.2) is 26.4 Å². The number of benzene rings is 2. The van der Waals surface area contributed by atoms with Crippen LogP contribution in [0.5, 0.6) is 5.75 Å². The highest BCUT2D eigenvalue weighted by Crippen LogP contribution is 2.18. The summed E-state index contributed by atoms with van der Waals surface area (Å²) >= 11 is 0. The van der Waals surface area contributed by atoms with Gasteiger partial charge >= 0.3 is 0 Å². The van der Waals surface area contributed by atoms with Crippen LogP contribution in [0, 0.1) is 5.82 Å². The van der Waals surface area contributed by atoms with Crippen molar-refractivity contribution >= 4 is 18.4 Å². The van der Waals surface area contributed by atoms with Crippen LogP contribution in [0.3, 0.4) is 0 Å². The van der Waals surface area contributed by atoms with Crippen LogP contribution < -0.4 is 0 Å². The molecule has 0 unspecified atom stereocenters. The summed E-state index contributed by atoms with van der Waals surface area (Å²) in [6, 6.07) is 12.3. The topological polar surface area (TPSA) is 68.0 Å². The number of nitrogens with zero attached hydrogens (tertiary/aromatic N) is 3. The van der Waals surface area contributed by atoms with Crippen molar-refractivity contribution < 1.29 is 14.3 Å². The summed E-state index contributed by atoms with van der Waals surface area (Å²) in [4.78, 5) is 11.1. The molecule has 2 aromatic carbocycles. The van der Waals surface area contributed by atoms with Crippen molar-refractivity contribution in [3.63, 3.8) is 0 Å². The Kier molecular flexibility index (Phi) is 3.97. The second-order valence-electron chi connectivity index (χ2n) is 4.79. The van der Waals surface area contributed by atoms with Crippen LogP contribution in [0.4, 0.5) is 4.39 Å². The van der Waals surface area contributed by atoms with E-state index >= 15 is 0 Å². The Morgan fingerprint density at radius 3 is 2.35 bits per heavy atom. The molecule has 23 heavy (non-hydrogen) atoms. The minimum atomic E-state index is -0.313. The number of hydrogen-bond acceptors (Lipinski definition) is 4. The molecule has 0 atom stereocenters. The number of aromatic hydroxyl groups is 1. The fourth-order valence-electron chi connectivity index (χ4n) is 2.07. The molecule has 114 valence electrons. The quantitative estimate of drug-likeness (QED) is 0.752. The van der Waals surface area contributed by atoms with E-state index in [1.807, 2.05) is 0 Å². The summed E-state index contributed by atoms with van der Waals surface area (Å²) < 4.78 is 14.4. The molecule has 0 saturated heterocycles. The van der Waals surface area contributed by atoms with Gasteiger partial charge in [-0.1, -0.05) is 23.4 Å². The molecule has 0 aliphatic carbocycles. The van der Waals surface area contributed by atoms with Crippen molar-refractivity contribution in [2.45, 2.75) is 0 Å². The van der Waals surface area contributed by atoms with Crippen molar-refractivity contribution in [1.82, 2.24) is 15.0 Å². The smallest absolute Gasteiger partial charge is 0.172 e.